The van der Waals surface area contributed by atoms with Gasteiger partial charge in [-0.1, -0.05) is 18.6 Å². The third kappa shape index (κ3) is 3.62. The molecule has 0 N–H and O–H groups in total. The molecule has 0 spiro atoms. The molecule has 0 aliphatic heterocycles. The van der Waals surface area contributed by atoms with Crippen molar-refractivity contribution in [3.63, 3.8) is 0 Å². The van der Waals surface area contributed by atoms with Crippen LogP contribution in [0.5, 0.6) is 0 Å². The summed E-state index contributed by atoms with van der Waals surface area (Å²) in [7, 11) is 3.42. The van der Waals surface area contributed by atoms with Crippen molar-refractivity contribution in [2.75, 3.05) is 14.2 Å². The lowest BCUT2D eigenvalue weighted by atomic mass is 9.81. The quantitative estimate of drug-likeness (QED) is 0.513. The zero-order chi connectivity index (χ0) is 11.3. The summed E-state index contributed by atoms with van der Waals surface area (Å²) >= 11 is 0. The van der Waals surface area contributed by atoms with Crippen molar-refractivity contribution in [2.45, 2.75) is 51.2 Å². The van der Waals surface area contributed by atoms with Crippen molar-refractivity contribution in [3.05, 3.63) is 12.2 Å². The molecule has 1 rings (SSSR count). The van der Waals surface area contributed by atoms with Crippen LogP contribution in [0.1, 0.15) is 45.4 Å². The Morgan fingerprint density at radius 1 is 1.33 bits per heavy atom. The number of rotatable bonds is 5. The van der Waals surface area contributed by atoms with Crippen molar-refractivity contribution in [1.29, 1.82) is 0 Å². The summed E-state index contributed by atoms with van der Waals surface area (Å²) in [5, 5.41) is 0. The monoisotopic (exact) mass is 212 g/mol. The molecule has 0 aromatic carbocycles. The Labute approximate surface area is 93.7 Å². The summed E-state index contributed by atoms with van der Waals surface area (Å²) in [6.07, 6.45) is 7.26. The van der Waals surface area contributed by atoms with E-state index in [2.05, 4.69) is 6.58 Å². The van der Waals surface area contributed by atoms with Gasteiger partial charge in [-0.15, -0.1) is 0 Å². The zero-order valence-electron chi connectivity index (χ0n) is 10.3. The van der Waals surface area contributed by atoms with Gasteiger partial charge in [0.05, 0.1) is 0 Å². The summed E-state index contributed by atoms with van der Waals surface area (Å²) in [4.78, 5) is 0. The van der Waals surface area contributed by atoms with Gasteiger partial charge in [-0.2, -0.15) is 0 Å². The molecule has 2 nitrogen and oxygen atoms in total. The van der Waals surface area contributed by atoms with Gasteiger partial charge >= 0.3 is 0 Å². The van der Waals surface area contributed by atoms with Gasteiger partial charge in [-0.05, 0) is 38.5 Å². The molecular formula is C13H24O2. The van der Waals surface area contributed by atoms with Crippen LogP contribution in [0.4, 0.5) is 0 Å². The minimum absolute atomic E-state index is 0.419. The van der Waals surface area contributed by atoms with Gasteiger partial charge in [0.25, 0.3) is 0 Å². The van der Waals surface area contributed by atoms with Crippen LogP contribution >= 0.6 is 0 Å². The van der Waals surface area contributed by atoms with Crippen molar-refractivity contribution in [1.82, 2.24) is 0 Å². The molecule has 0 amide bonds. The number of allylic oxidation sites excluding steroid dienone is 1. The van der Waals surface area contributed by atoms with Crippen LogP contribution in [0.3, 0.4) is 0 Å². The maximum atomic E-state index is 5.36. The molecule has 2 heteroatoms. The highest BCUT2D eigenvalue weighted by Crippen LogP contribution is 2.33. The third-order valence-electron chi connectivity index (χ3n) is 3.69. The van der Waals surface area contributed by atoms with E-state index in [-0.39, 0.29) is 0 Å². The van der Waals surface area contributed by atoms with E-state index in [9.17, 15) is 0 Å². The van der Waals surface area contributed by atoms with Crippen LogP contribution in [-0.4, -0.2) is 20.0 Å². The average Bonchev–Trinajstić information content (AvgIpc) is 2.28. The Hall–Kier alpha value is -0.340. The maximum absolute atomic E-state index is 5.36. The predicted molar refractivity (Wildman–Crippen MR) is 62.8 cm³/mol. The lowest BCUT2D eigenvalue weighted by Crippen LogP contribution is -2.30. The molecule has 1 unspecified atom stereocenters. The van der Waals surface area contributed by atoms with E-state index in [1.54, 1.807) is 14.2 Å². The summed E-state index contributed by atoms with van der Waals surface area (Å²) < 4.78 is 10.7. The van der Waals surface area contributed by atoms with E-state index in [0.717, 1.165) is 12.8 Å². The Kier molecular flexibility index (Phi) is 4.81. The SMILES string of the molecule is C=C1CCCCC1CCC(C)(OC)OC. The molecule has 0 aromatic heterocycles. The van der Waals surface area contributed by atoms with Crippen molar-refractivity contribution in [3.8, 4) is 0 Å². The van der Waals surface area contributed by atoms with E-state index < -0.39 is 5.79 Å². The second kappa shape index (κ2) is 5.66. The molecule has 0 bridgehead atoms. The van der Waals surface area contributed by atoms with Crippen LogP contribution in [-0.2, 0) is 9.47 Å². The van der Waals surface area contributed by atoms with Gasteiger partial charge in [0.1, 0.15) is 0 Å². The molecule has 1 atom stereocenters. The predicted octanol–water partition coefficient (Wildman–Crippen LogP) is 3.52. The van der Waals surface area contributed by atoms with Gasteiger partial charge in [0, 0.05) is 20.6 Å². The molecule has 88 valence electrons. The second-order valence-corrected chi connectivity index (χ2v) is 4.68. The Balaban J connectivity index is 2.37. The van der Waals surface area contributed by atoms with Crippen LogP contribution in [0, 0.1) is 5.92 Å². The lowest BCUT2D eigenvalue weighted by molar-refractivity contribution is -0.198. The zero-order valence-corrected chi connectivity index (χ0v) is 10.3. The lowest BCUT2D eigenvalue weighted by Gasteiger charge is -2.30. The first-order valence-corrected chi connectivity index (χ1v) is 5.89. The first-order chi connectivity index (χ1) is 7.11. The first-order valence-electron chi connectivity index (χ1n) is 5.89. The largest absolute Gasteiger partial charge is 0.353 e. The highest BCUT2D eigenvalue weighted by atomic mass is 16.7. The summed E-state index contributed by atoms with van der Waals surface area (Å²) in [6, 6.07) is 0. The molecule has 1 fully saturated rings. The summed E-state index contributed by atoms with van der Waals surface area (Å²) in [6.45, 7) is 6.16. The molecule has 1 aliphatic carbocycles. The Bertz CT molecular complexity index is 207. The Morgan fingerprint density at radius 3 is 2.53 bits per heavy atom. The highest BCUT2D eigenvalue weighted by Gasteiger charge is 2.25. The van der Waals surface area contributed by atoms with Gasteiger partial charge in [-0.25, -0.2) is 0 Å². The maximum Gasteiger partial charge on any atom is 0.164 e. The van der Waals surface area contributed by atoms with Crippen molar-refractivity contribution in [2.24, 2.45) is 5.92 Å². The van der Waals surface area contributed by atoms with Crippen LogP contribution < -0.4 is 0 Å². The van der Waals surface area contributed by atoms with E-state index >= 15 is 0 Å². The summed E-state index contributed by atoms with van der Waals surface area (Å²) in [5.41, 5.74) is 1.43. The first kappa shape index (κ1) is 12.7. The summed E-state index contributed by atoms with van der Waals surface area (Å²) in [5.74, 6) is 0.265. The van der Waals surface area contributed by atoms with Crippen molar-refractivity contribution >= 4 is 0 Å². The van der Waals surface area contributed by atoms with E-state index in [1.807, 2.05) is 6.92 Å². The van der Waals surface area contributed by atoms with Crippen LogP contribution in [0.2, 0.25) is 0 Å². The minimum Gasteiger partial charge on any atom is -0.353 e. The van der Waals surface area contributed by atoms with Crippen molar-refractivity contribution < 1.29 is 9.47 Å². The van der Waals surface area contributed by atoms with Crippen LogP contribution in [0.15, 0.2) is 12.2 Å². The molecule has 0 heterocycles. The molecular weight excluding hydrogens is 188 g/mol. The molecule has 1 aliphatic rings. The fraction of sp³-hybridized carbons (Fsp3) is 0.846. The molecule has 1 saturated carbocycles. The molecule has 0 saturated heterocycles. The topological polar surface area (TPSA) is 18.5 Å². The fourth-order valence-electron chi connectivity index (χ4n) is 2.22. The third-order valence-corrected chi connectivity index (χ3v) is 3.69. The smallest absolute Gasteiger partial charge is 0.164 e. The van der Waals surface area contributed by atoms with E-state index in [1.165, 1.54) is 31.3 Å². The normalized spacial score (nSPS) is 23.1. The number of hydrogen-bond acceptors (Lipinski definition) is 2. The standard InChI is InChI=1S/C13H24O2/c1-11-7-5-6-8-12(11)9-10-13(2,14-3)15-4/h12H,1,5-10H2,2-4H3. The Morgan fingerprint density at radius 2 is 2.00 bits per heavy atom. The second-order valence-electron chi connectivity index (χ2n) is 4.68. The number of hydrogen-bond donors (Lipinski definition) is 0. The van der Waals surface area contributed by atoms with Gasteiger partial charge in [-0.3, -0.25) is 0 Å². The highest BCUT2D eigenvalue weighted by molar-refractivity contribution is 5.03. The van der Waals surface area contributed by atoms with Gasteiger partial charge < -0.3 is 9.47 Å². The molecule has 15 heavy (non-hydrogen) atoms. The molecule has 0 radical (unpaired) electrons. The number of ether oxygens (including phenoxy) is 2. The minimum atomic E-state index is -0.419. The average molecular weight is 212 g/mol. The molecule has 0 aromatic rings. The number of methoxy groups -OCH3 is 2. The van der Waals surface area contributed by atoms with E-state index in [4.69, 9.17) is 9.47 Å². The van der Waals surface area contributed by atoms with Crippen LogP contribution in [0.25, 0.3) is 0 Å². The van der Waals surface area contributed by atoms with E-state index in [0.29, 0.717) is 5.92 Å². The fourth-order valence-corrected chi connectivity index (χ4v) is 2.22. The van der Waals surface area contributed by atoms with Gasteiger partial charge in [0.2, 0.25) is 0 Å². The van der Waals surface area contributed by atoms with Gasteiger partial charge in [0.15, 0.2) is 5.79 Å².